The molecule has 0 bridgehead atoms. The molecular formula is C12H13N3S. The van der Waals surface area contributed by atoms with E-state index in [9.17, 15) is 0 Å². The minimum absolute atomic E-state index is 0.282. The fourth-order valence-electron chi connectivity index (χ4n) is 2.24. The highest BCUT2D eigenvalue weighted by Crippen LogP contribution is 2.31. The van der Waals surface area contributed by atoms with Crippen molar-refractivity contribution in [3.05, 3.63) is 46.0 Å². The van der Waals surface area contributed by atoms with Gasteiger partial charge in [0.05, 0.1) is 16.6 Å². The van der Waals surface area contributed by atoms with Gasteiger partial charge < -0.3 is 5.32 Å². The van der Waals surface area contributed by atoms with E-state index >= 15 is 0 Å². The van der Waals surface area contributed by atoms with Crippen molar-refractivity contribution in [3.63, 3.8) is 0 Å². The maximum atomic E-state index is 4.09. The zero-order valence-corrected chi connectivity index (χ0v) is 9.92. The molecule has 1 aromatic carbocycles. The Balaban J connectivity index is 2.08. The molecule has 4 heteroatoms. The second-order valence-electron chi connectivity index (χ2n) is 4.06. The minimum Gasteiger partial charge on any atom is -0.305 e. The molecule has 1 aliphatic rings. The molecule has 1 N–H and O–H groups in total. The Hall–Kier alpha value is -1.26. The quantitative estimate of drug-likeness (QED) is 0.816. The molecule has 1 unspecified atom stereocenters. The van der Waals surface area contributed by atoms with Gasteiger partial charge in [0.25, 0.3) is 0 Å². The second-order valence-corrected chi connectivity index (χ2v) is 4.84. The van der Waals surface area contributed by atoms with Crippen LogP contribution in [0.5, 0.6) is 0 Å². The highest BCUT2D eigenvalue weighted by Gasteiger charge is 2.24. The van der Waals surface area contributed by atoms with Crippen molar-refractivity contribution in [2.24, 2.45) is 0 Å². The summed E-state index contributed by atoms with van der Waals surface area (Å²) in [5.74, 6) is 0. The first-order chi connectivity index (χ1) is 7.86. The summed E-state index contributed by atoms with van der Waals surface area (Å²) in [5, 5.41) is 7.64. The summed E-state index contributed by atoms with van der Waals surface area (Å²) in [5.41, 5.74) is 3.86. The van der Waals surface area contributed by atoms with Crippen LogP contribution in [0, 0.1) is 6.92 Å². The van der Waals surface area contributed by atoms with Gasteiger partial charge in [0.2, 0.25) is 0 Å². The molecule has 1 aliphatic heterocycles. The molecule has 0 saturated heterocycles. The van der Waals surface area contributed by atoms with Crippen molar-refractivity contribution in [1.82, 2.24) is 14.9 Å². The lowest BCUT2D eigenvalue weighted by atomic mass is 9.93. The molecule has 0 saturated carbocycles. The van der Waals surface area contributed by atoms with Crippen LogP contribution in [0.25, 0.3) is 0 Å². The fourth-order valence-corrected chi connectivity index (χ4v) is 2.98. The molecule has 0 fully saturated rings. The average molecular weight is 231 g/mol. The van der Waals surface area contributed by atoms with E-state index in [2.05, 4.69) is 39.2 Å². The molecule has 0 radical (unpaired) electrons. The van der Waals surface area contributed by atoms with Gasteiger partial charge >= 0.3 is 0 Å². The number of aryl methyl sites for hydroxylation is 1. The summed E-state index contributed by atoms with van der Waals surface area (Å²) in [7, 11) is 0. The Labute approximate surface area is 98.7 Å². The molecule has 0 amide bonds. The van der Waals surface area contributed by atoms with Crippen molar-refractivity contribution in [3.8, 4) is 0 Å². The predicted molar refractivity (Wildman–Crippen MR) is 64.6 cm³/mol. The van der Waals surface area contributed by atoms with E-state index in [1.807, 2.05) is 6.92 Å². The second kappa shape index (κ2) is 3.96. The van der Waals surface area contributed by atoms with Gasteiger partial charge in [-0.2, -0.15) is 0 Å². The summed E-state index contributed by atoms with van der Waals surface area (Å²) >= 11 is 1.50. The van der Waals surface area contributed by atoms with Gasteiger partial charge in [-0.15, -0.1) is 5.10 Å². The van der Waals surface area contributed by atoms with Crippen LogP contribution >= 0.6 is 11.5 Å². The number of aromatic nitrogens is 2. The van der Waals surface area contributed by atoms with E-state index in [1.54, 1.807) is 0 Å². The van der Waals surface area contributed by atoms with Crippen molar-refractivity contribution in [2.75, 3.05) is 6.54 Å². The SMILES string of the molecule is Cc1nnsc1C1NCCc2ccccc21. The molecule has 16 heavy (non-hydrogen) atoms. The van der Waals surface area contributed by atoms with Crippen LogP contribution < -0.4 is 5.32 Å². The third-order valence-corrected chi connectivity index (χ3v) is 3.95. The molecule has 0 aliphatic carbocycles. The molecule has 1 atom stereocenters. The standard InChI is InChI=1S/C12H13N3S/c1-8-12(16-15-14-8)11-10-5-3-2-4-9(10)6-7-13-11/h2-5,11,13H,6-7H2,1H3. The van der Waals surface area contributed by atoms with Crippen LogP contribution in [0.2, 0.25) is 0 Å². The molecule has 3 rings (SSSR count). The summed E-state index contributed by atoms with van der Waals surface area (Å²) in [6, 6.07) is 8.91. The van der Waals surface area contributed by atoms with Crippen molar-refractivity contribution < 1.29 is 0 Å². The molecule has 0 spiro atoms. The summed E-state index contributed by atoms with van der Waals surface area (Å²) < 4.78 is 4.02. The predicted octanol–water partition coefficient (Wildman–Crippen LogP) is 2.08. The number of fused-ring (bicyclic) bond motifs is 1. The van der Waals surface area contributed by atoms with Crippen LogP contribution in [-0.2, 0) is 6.42 Å². The van der Waals surface area contributed by atoms with E-state index in [0.29, 0.717) is 0 Å². The van der Waals surface area contributed by atoms with Crippen LogP contribution in [-0.4, -0.2) is 16.1 Å². The first-order valence-electron chi connectivity index (χ1n) is 5.46. The third-order valence-electron chi connectivity index (χ3n) is 3.06. The zero-order chi connectivity index (χ0) is 11.0. The van der Waals surface area contributed by atoms with Crippen LogP contribution in [0.1, 0.15) is 27.7 Å². The largest absolute Gasteiger partial charge is 0.305 e. The Morgan fingerprint density at radius 1 is 1.38 bits per heavy atom. The van der Waals surface area contributed by atoms with Gasteiger partial charge in [-0.05, 0) is 36.0 Å². The van der Waals surface area contributed by atoms with E-state index in [0.717, 1.165) is 18.7 Å². The maximum absolute atomic E-state index is 4.09. The van der Waals surface area contributed by atoms with Gasteiger partial charge in [-0.3, -0.25) is 0 Å². The Morgan fingerprint density at radius 3 is 3.06 bits per heavy atom. The highest BCUT2D eigenvalue weighted by molar-refractivity contribution is 7.05. The number of hydrogen-bond acceptors (Lipinski definition) is 4. The van der Waals surface area contributed by atoms with Gasteiger partial charge in [0.1, 0.15) is 0 Å². The molecule has 82 valence electrons. The minimum atomic E-state index is 0.282. The number of nitrogens with one attached hydrogen (secondary N) is 1. The Kier molecular flexibility index (Phi) is 2.46. The van der Waals surface area contributed by atoms with Crippen LogP contribution in [0.15, 0.2) is 24.3 Å². The van der Waals surface area contributed by atoms with E-state index in [-0.39, 0.29) is 6.04 Å². The lowest BCUT2D eigenvalue weighted by Crippen LogP contribution is -2.30. The Bertz CT molecular complexity index is 506. The normalized spacial score (nSPS) is 19.4. The lowest BCUT2D eigenvalue weighted by Gasteiger charge is -2.25. The van der Waals surface area contributed by atoms with Crippen LogP contribution in [0.4, 0.5) is 0 Å². The van der Waals surface area contributed by atoms with E-state index < -0.39 is 0 Å². The number of nitrogens with zero attached hydrogens (tertiary/aromatic N) is 2. The van der Waals surface area contributed by atoms with Gasteiger partial charge in [0, 0.05) is 6.54 Å². The van der Waals surface area contributed by atoms with Gasteiger partial charge in [-0.25, -0.2) is 0 Å². The fraction of sp³-hybridized carbons (Fsp3) is 0.333. The summed E-state index contributed by atoms with van der Waals surface area (Å²) in [4.78, 5) is 1.24. The van der Waals surface area contributed by atoms with Crippen LogP contribution in [0.3, 0.4) is 0 Å². The summed E-state index contributed by atoms with van der Waals surface area (Å²) in [6.45, 7) is 3.05. The number of benzene rings is 1. The zero-order valence-electron chi connectivity index (χ0n) is 9.10. The summed E-state index contributed by atoms with van der Waals surface area (Å²) in [6.07, 6.45) is 1.11. The molecular weight excluding hydrogens is 218 g/mol. The van der Waals surface area contributed by atoms with Crippen molar-refractivity contribution in [1.29, 1.82) is 0 Å². The molecule has 2 aromatic rings. The lowest BCUT2D eigenvalue weighted by molar-refractivity contribution is 0.572. The highest BCUT2D eigenvalue weighted by atomic mass is 32.1. The van der Waals surface area contributed by atoms with E-state index in [4.69, 9.17) is 0 Å². The van der Waals surface area contributed by atoms with Crippen molar-refractivity contribution in [2.45, 2.75) is 19.4 Å². The van der Waals surface area contributed by atoms with Crippen molar-refractivity contribution >= 4 is 11.5 Å². The first-order valence-corrected chi connectivity index (χ1v) is 6.23. The van der Waals surface area contributed by atoms with Gasteiger partial charge in [0.15, 0.2) is 0 Å². The first kappa shape index (κ1) is 9.93. The molecule has 2 heterocycles. The Morgan fingerprint density at radius 2 is 2.25 bits per heavy atom. The molecule has 3 nitrogen and oxygen atoms in total. The monoisotopic (exact) mass is 231 g/mol. The van der Waals surface area contributed by atoms with Gasteiger partial charge in [-0.1, -0.05) is 28.8 Å². The topological polar surface area (TPSA) is 37.8 Å². The van der Waals surface area contributed by atoms with E-state index in [1.165, 1.54) is 27.5 Å². The smallest absolute Gasteiger partial charge is 0.0776 e. The molecule has 1 aromatic heterocycles. The third kappa shape index (κ3) is 1.54. The average Bonchev–Trinajstić information content (AvgIpc) is 2.75. The number of rotatable bonds is 1. The maximum Gasteiger partial charge on any atom is 0.0776 e. The number of hydrogen-bond donors (Lipinski definition) is 1.